The fraction of sp³-hybridized carbons (Fsp3) is 0.111. The molecule has 3 heteroatoms. The molecule has 0 fully saturated rings. The molecule has 3 N–H and O–H groups in total. The van der Waals surface area contributed by atoms with Gasteiger partial charge in [0.15, 0.2) is 0 Å². The van der Waals surface area contributed by atoms with Crippen LogP contribution in [0.25, 0.3) is 33.4 Å². The van der Waals surface area contributed by atoms with Crippen molar-refractivity contribution in [2.24, 2.45) is 0 Å². The van der Waals surface area contributed by atoms with Gasteiger partial charge in [0.25, 0.3) is 0 Å². The summed E-state index contributed by atoms with van der Waals surface area (Å²) in [4.78, 5) is 0. The zero-order valence-electron chi connectivity index (χ0n) is 16.6. The van der Waals surface area contributed by atoms with E-state index >= 15 is 0 Å². The van der Waals surface area contributed by atoms with E-state index < -0.39 is 0 Å². The quantitative estimate of drug-likeness (QED) is 0.422. The van der Waals surface area contributed by atoms with Gasteiger partial charge >= 0.3 is 0 Å². The van der Waals surface area contributed by atoms with Gasteiger partial charge in [0.2, 0.25) is 0 Å². The summed E-state index contributed by atoms with van der Waals surface area (Å²) in [6, 6.07) is 29.4. The van der Waals surface area contributed by atoms with Crippen molar-refractivity contribution in [3.63, 3.8) is 0 Å². The van der Waals surface area contributed by atoms with E-state index in [1.165, 1.54) is 0 Å². The summed E-state index contributed by atoms with van der Waals surface area (Å²) in [5.74, 6) is 0. The third kappa shape index (κ3) is 3.55. The molecule has 0 unspecified atom stereocenters. The van der Waals surface area contributed by atoms with Crippen molar-refractivity contribution >= 4 is 0 Å². The molecule has 0 aliphatic rings. The third-order valence-electron chi connectivity index (χ3n) is 5.47. The second-order valence-corrected chi connectivity index (χ2v) is 7.13. The molecule has 0 saturated heterocycles. The van der Waals surface area contributed by atoms with Gasteiger partial charge in [-0.1, -0.05) is 91.0 Å². The summed E-state index contributed by atoms with van der Waals surface area (Å²) in [6.45, 7) is -0.615. The number of aliphatic hydroxyl groups is 3. The van der Waals surface area contributed by atoms with Crippen molar-refractivity contribution < 1.29 is 15.3 Å². The van der Waals surface area contributed by atoms with Crippen molar-refractivity contribution in [2.75, 3.05) is 0 Å². The van der Waals surface area contributed by atoms with Crippen LogP contribution in [0.15, 0.2) is 91.0 Å². The van der Waals surface area contributed by atoms with Gasteiger partial charge in [-0.25, -0.2) is 0 Å². The Balaban J connectivity index is 2.21. The van der Waals surface area contributed by atoms with Gasteiger partial charge in [-0.3, -0.25) is 0 Å². The number of aliphatic hydroxyl groups excluding tert-OH is 3. The van der Waals surface area contributed by atoms with Gasteiger partial charge in [-0.15, -0.1) is 0 Å². The molecule has 0 amide bonds. The van der Waals surface area contributed by atoms with Gasteiger partial charge in [0.1, 0.15) is 0 Å². The minimum absolute atomic E-state index is 0.205. The van der Waals surface area contributed by atoms with E-state index in [0.29, 0.717) is 16.7 Å². The smallest absolute Gasteiger partial charge is 0.0694 e. The molecular weight excluding hydrogens is 372 g/mol. The summed E-state index contributed by atoms with van der Waals surface area (Å²) in [5.41, 5.74) is 7.33. The number of rotatable bonds is 6. The predicted octanol–water partition coefficient (Wildman–Crippen LogP) is 5.16. The molecule has 0 aromatic heterocycles. The summed E-state index contributed by atoms with van der Waals surface area (Å²) >= 11 is 0. The topological polar surface area (TPSA) is 60.7 Å². The Hall–Kier alpha value is -3.24. The van der Waals surface area contributed by atoms with Crippen LogP contribution in [0.2, 0.25) is 0 Å². The fourth-order valence-electron chi connectivity index (χ4n) is 4.26. The highest BCUT2D eigenvalue weighted by atomic mass is 16.3. The van der Waals surface area contributed by atoms with Crippen LogP contribution in [0.5, 0.6) is 0 Å². The Morgan fingerprint density at radius 1 is 0.367 bits per heavy atom. The zero-order valence-corrected chi connectivity index (χ0v) is 16.6. The number of benzene rings is 4. The van der Waals surface area contributed by atoms with Gasteiger partial charge in [-0.2, -0.15) is 0 Å². The summed E-state index contributed by atoms with van der Waals surface area (Å²) in [5, 5.41) is 31.4. The summed E-state index contributed by atoms with van der Waals surface area (Å²) < 4.78 is 0. The van der Waals surface area contributed by atoms with Crippen molar-refractivity contribution in [3.05, 3.63) is 108 Å². The van der Waals surface area contributed by atoms with Gasteiger partial charge in [-0.05, 0) is 50.1 Å². The molecule has 0 bridgehead atoms. The van der Waals surface area contributed by atoms with Gasteiger partial charge in [0, 0.05) is 0 Å². The first-order chi connectivity index (χ1) is 14.8. The fourth-order valence-corrected chi connectivity index (χ4v) is 4.26. The molecule has 0 atom stereocenters. The zero-order chi connectivity index (χ0) is 20.9. The Kier molecular flexibility index (Phi) is 6.05. The number of hydrogen-bond acceptors (Lipinski definition) is 3. The summed E-state index contributed by atoms with van der Waals surface area (Å²) in [7, 11) is 0. The van der Waals surface area contributed by atoms with E-state index in [1.54, 1.807) is 0 Å². The Labute approximate surface area is 176 Å². The second kappa shape index (κ2) is 9.06. The van der Waals surface area contributed by atoms with Crippen LogP contribution in [0.3, 0.4) is 0 Å². The van der Waals surface area contributed by atoms with Crippen LogP contribution in [-0.4, -0.2) is 15.3 Å². The van der Waals surface area contributed by atoms with Crippen LogP contribution in [0.1, 0.15) is 16.7 Å². The Bertz CT molecular complexity index is 954. The van der Waals surface area contributed by atoms with E-state index in [4.69, 9.17) is 0 Å². The lowest BCUT2D eigenvalue weighted by molar-refractivity contribution is 0.271. The van der Waals surface area contributed by atoms with E-state index in [1.807, 2.05) is 91.0 Å². The number of hydrogen-bond donors (Lipinski definition) is 3. The Morgan fingerprint density at radius 3 is 0.800 bits per heavy atom. The van der Waals surface area contributed by atoms with E-state index in [2.05, 4.69) is 0 Å². The normalized spacial score (nSPS) is 10.9. The molecule has 0 aliphatic heterocycles. The third-order valence-corrected chi connectivity index (χ3v) is 5.47. The monoisotopic (exact) mass is 396 g/mol. The first-order valence-corrected chi connectivity index (χ1v) is 9.99. The van der Waals surface area contributed by atoms with E-state index in [0.717, 1.165) is 33.4 Å². The molecule has 30 heavy (non-hydrogen) atoms. The van der Waals surface area contributed by atoms with Crippen LogP contribution in [0.4, 0.5) is 0 Å². The lowest BCUT2D eigenvalue weighted by Crippen LogP contribution is -2.08. The molecule has 0 saturated carbocycles. The average molecular weight is 396 g/mol. The van der Waals surface area contributed by atoms with Gasteiger partial charge in [0.05, 0.1) is 19.8 Å². The van der Waals surface area contributed by atoms with Gasteiger partial charge < -0.3 is 15.3 Å². The molecule has 3 nitrogen and oxygen atoms in total. The maximum atomic E-state index is 10.5. The Morgan fingerprint density at radius 2 is 0.600 bits per heavy atom. The second-order valence-electron chi connectivity index (χ2n) is 7.13. The molecule has 4 aromatic rings. The molecule has 150 valence electrons. The largest absolute Gasteiger partial charge is 0.392 e. The van der Waals surface area contributed by atoms with Crippen LogP contribution in [-0.2, 0) is 19.8 Å². The van der Waals surface area contributed by atoms with Crippen molar-refractivity contribution in [1.82, 2.24) is 0 Å². The standard InChI is InChI=1S/C27H24O3/c28-16-22-25(19-10-4-1-5-11-19)23(17-29)27(21-14-8-3-9-15-21)24(18-30)26(22)20-12-6-2-7-13-20/h1-15,28-30H,16-18H2. The molecule has 0 radical (unpaired) electrons. The van der Waals surface area contributed by atoms with Crippen LogP contribution >= 0.6 is 0 Å². The molecule has 0 spiro atoms. The van der Waals surface area contributed by atoms with Crippen LogP contribution < -0.4 is 0 Å². The maximum Gasteiger partial charge on any atom is 0.0694 e. The van der Waals surface area contributed by atoms with E-state index in [-0.39, 0.29) is 19.8 Å². The summed E-state index contributed by atoms with van der Waals surface area (Å²) in [6.07, 6.45) is 0. The maximum absolute atomic E-state index is 10.5. The lowest BCUT2D eigenvalue weighted by Gasteiger charge is -2.25. The highest BCUT2D eigenvalue weighted by Gasteiger charge is 2.25. The predicted molar refractivity (Wildman–Crippen MR) is 121 cm³/mol. The lowest BCUT2D eigenvalue weighted by atomic mass is 9.80. The SMILES string of the molecule is OCc1c(-c2ccccc2)c(CO)c(-c2ccccc2)c(CO)c1-c1ccccc1. The molecule has 4 rings (SSSR count). The highest BCUT2D eigenvalue weighted by Crippen LogP contribution is 2.44. The first-order valence-electron chi connectivity index (χ1n) is 9.99. The van der Waals surface area contributed by atoms with Crippen molar-refractivity contribution in [2.45, 2.75) is 19.8 Å². The molecule has 0 aliphatic carbocycles. The minimum atomic E-state index is -0.205. The van der Waals surface area contributed by atoms with Crippen molar-refractivity contribution in [3.8, 4) is 33.4 Å². The van der Waals surface area contributed by atoms with Crippen molar-refractivity contribution in [1.29, 1.82) is 0 Å². The van der Waals surface area contributed by atoms with E-state index in [9.17, 15) is 15.3 Å². The molecular formula is C27H24O3. The molecule has 0 heterocycles. The molecule has 4 aromatic carbocycles. The van der Waals surface area contributed by atoms with Crippen LogP contribution in [0, 0.1) is 0 Å². The highest BCUT2D eigenvalue weighted by molar-refractivity contribution is 5.91. The average Bonchev–Trinajstić information content (AvgIpc) is 2.83. The first kappa shape index (κ1) is 20.0. The minimum Gasteiger partial charge on any atom is -0.392 e.